The van der Waals surface area contributed by atoms with Crippen LogP contribution in [0.3, 0.4) is 0 Å². The minimum absolute atomic E-state index is 0.209. The smallest absolute Gasteiger partial charge is 0.417 e. The number of nitrogens with zero attached hydrogens (tertiary/aromatic N) is 2. The molecule has 0 unspecified atom stereocenters. The summed E-state index contributed by atoms with van der Waals surface area (Å²) in [5, 5.41) is 3.97. The predicted octanol–water partition coefficient (Wildman–Crippen LogP) is 4.34. The van der Waals surface area contributed by atoms with Gasteiger partial charge in [-0.2, -0.15) is 18.3 Å². The lowest BCUT2D eigenvalue weighted by molar-refractivity contribution is -0.137. The van der Waals surface area contributed by atoms with E-state index in [9.17, 15) is 13.2 Å². The van der Waals surface area contributed by atoms with Crippen molar-refractivity contribution in [3.8, 4) is 11.5 Å². The highest BCUT2D eigenvalue weighted by Gasteiger charge is 2.30. The maximum absolute atomic E-state index is 12.5. The zero-order chi connectivity index (χ0) is 18.3. The second kappa shape index (κ2) is 8.36. The molecule has 0 bridgehead atoms. The van der Waals surface area contributed by atoms with Crippen molar-refractivity contribution in [1.29, 1.82) is 0 Å². The molecule has 0 aliphatic carbocycles. The molecule has 8 heteroatoms. The number of hydrogen-bond donors (Lipinski definition) is 1. The van der Waals surface area contributed by atoms with Crippen molar-refractivity contribution in [3.05, 3.63) is 47.7 Å². The topological polar surface area (TPSA) is 55.7 Å². The summed E-state index contributed by atoms with van der Waals surface area (Å²) in [4.78, 5) is 3.67. The average molecular weight is 353 g/mol. The molecule has 5 nitrogen and oxygen atoms in total. The Balaban J connectivity index is 2.05. The molecule has 2 aromatic rings. The molecule has 25 heavy (non-hydrogen) atoms. The maximum atomic E-state index is 12.5. The molecule has 0 fully saturated rings. The van der Waals surface area contributed by atoms with E-state index < -0.39 is 11.7 Å². The van der Waals surface area contributed by atoms with Crippen LogP contribution in [0, 0.1) is 0 Å². The lowest BCUT2D eigenvalue weighted by atomic mass is 10.2. The molecule has 1 heterocycles. The number of anilines is 1. The van der Waals surface area contributed by atoms with Gasteiger partial charge in [0.15, 0.2) is 11.5 Å². The van der Waals surface area contributed by atoms with E-state index in [4.69, 9.17) is 9.47 Å². The van der Waals surface area contributed by atoms with Crippen molar-refractivity contribution in [1.82, 2.24) is 4.98 Å². The van der Waals surface area contributed by atoms with E-state index in [2.05, 4.69) is 15.5 Å². The molecule has 0 saturated heterocycles. The zero-order valence-electron chi connectivity index (χ0n) is 13.8. The SMILES string of the molecule is CCOc1ccc(/C=N\Nc2ccc(C(F)(F)F)cn2)cc1OCC. The minimum atomic E-state index is -4.41. The molecule has 1 aromatic carbocycles. The molecule has 0 radical (unpaired) electrons. The van der Waals surface area contributed by atoms with E-state index in [1.54, 1.807) is 18.2 Å². The first-order valence-electron chi connectivity index (χ1n) is 7.66. The van der Waals surface area contributed by atoms with Crippen LogP contribution < -0.4 is 14.9 Å². The zero-order valence-corrected chi connectivity index (χ0v) is 13.8. The van der Waals surface area contributed by atoms with Crippen LogP contribution in [-0.4, -0.2) is 24.4 Å². The molecule has 134 valence electrons. The lowest BCUT2D eigenvalue weighted by Crippen LogP contribution is -2.05. The number of hydrogen-bond acceptors (Lipinski definition) is 5. The third-order valence-electron chi connectivity index (χ3n) is 3.05. The average Bonchev–Trinajstić information content (AvgIpc) is 2.57. The van der Waals surface area contributed by atoms with Gasteiger partial charge in [-0.1, -0.05) is 0 Å². The highest BCUT2D eigenvalue weighted by molar-refractivity contribution is 5.81. The van der Waals surface area contributed by atoms with Gasteiger partial charge in [0.25, 0.3) is 0 Å². The van der Waals surface area contributed by atoms with Gasteiger partial charge in [-0.25, -0.2) is 4.98 Å². The third-order valence-corrected chi connectivity index (χ3v) is 3.05. The van der Waals surface area contributed by atoms with Crippen molar-refractivity contribution in [2.45, 2.75) is 20.0 Å². The number of ether oxygens (including phenoxy) is 2. The van der Waals surface area contributed by atoms with E-state index >= 15 is 0 Å². The molecule has 0 aliphatic heterocycles. The monoisotopic (exact) mass is 353 g/mol. The number of rotatable bonds is 7. The summed E-state index contributed by atoms with van der Waals surface area (Å²) < 4.78 is 48.4. The first kappa shape index (κ1) is 18.6. The van der Waals surface area contributed by atoms with E-state index in [-0.39, 0.29) is 5.82 Å². The van der Waals surface area contributed by atoms with Crippen LogP contribution in [0.25, 0.3) is 0 Å². The second-order valence-corrected chi connectivity index (χ2v) is 4.87. The van der Waals surface area contributed by atoms with Crippen molar-refractivity contribution in [3.63, 3.8) is 0 Å². The van der Waals surface area contributed by atoms with Gasteiger partial charge < -0.3 is 9.47 Å². The Hall–Kier alpha value is -2.77. The van der Waals surface area contributed by atoms with Crippen molar-refractivity contribution in [2.24, 2.45) is 5.10 Å². The highest BCUT2D eigenvalue weighted by atomic mass is 19.4. The molecular weight excluding hydrogens is 335 g/mol. The summed E-state index contributed by atoms with van der Waals surface area (Å²) in [6.07, 6.45) is -2.15. The van der Waals surface area contributed by atoms with Gasteiger partial charge in [-0.05, 0) is 49.7 Å². The number of benzene rings is 1. The van der Waals surface area contributed by atoms with E-state index in [1.165, 1.54) is 12.3 Å². The Morgan fingerprint density at radius 2 is 1.80 bits per heavy atom. The minimum Gasteiger partial charge on any atom is -0.490 e. The number of aromatic nitrogens is 1. The number of alkyl halides is 3. The second-order valence-electron chi connectivity index (χ2n) is 4.87. The quantitative estimate of drug-likeness (QED) is 0.594. The van der Waals surface area contributed by atoms with Crippen LogP contribution in [-0.2, 0) is 6.18 Å². The molecule has 0 amide bonds. The number of nitrogens with one attached hydrogen (secondary N) is 1. The Labute approximate surface area is 143 Å². The Bertz CT molecular complexity index is 716. The van der Waals surface area contributed by atoms with Gasteiger partial charge >= 0.3 is 6.18 Å². The van der Waals surface area contributed by atoms with Crippen molar-refractivity contribution >= 4 is 12.0 Å². The number of hydrazone groups is 1. The van der Waals surface area contributed by atoms with Gasteiger partial charge in [-0.15, -0.1) is 0 Å². The fourth-order valence-electron chi connectivity index (χ4n) is 1.95. The Morgan fingerprint density at radius 3 is 2.40 bits per heavy atom. The molecule has 0 aliphatic rings. The molecule has 0 saturated carbocycles. The summed E-state index contributed by atoms with van der Waals surface area (Å²) in [7, 11) is 0. The van der Waals surface area contributed by atoms with Crippen molar-refractivity contribution in [2.75, 3.05) is 18.6 Å². The number of halogens is 3. The fraction of sp³-hybridized carbons (Fsp3) is 0.294. The first-order chi connectivity index (χ1) is 11.9. The van der Waals surface area contributed by atoms with Crippen LogP contribution in [0.2, 0.25) is 0 Å². The van der Waals surface area contributed by atoms with Crippen LogP contribution in [0.1, 0.15) is 25.0 Å². The summed E-state index contributed by atoms with van der Waals surface area (Å²) in [5.74, 6) is 1.44. The summed E-state index contributed by atoms with van der Waals surface area (Å²) >= 11 is 0. The molecule has 0 atom stereocenters. The molecule has 0 spiro atoms. The van der Waals surface area contributed by atoms with Crippen LogP contribution in [0.15, 0.2) is 41.6 Å². The molecular formula is C17H18F3N3O2. The summed E-state index contributed by atoms with van der Waals surface area (Å²) in [6.45, 7) is 4.77. The summed E-state index contributed by atoms with van der Waals surface area (Å²) in [6, 6.07) is 7.48. The first-order valence-corrected chi connectivity index (χ1v) is 7.66. The van der Waals surface area contributed by atoms with Gasteiger partial charge in [0.1, 0.15) is 5.82 Å². The van der Waals surface area contributed by atoms with Gasteiger partial charge in [-0.3, -0.25) is 5.43 Å². The normalized spacial score (nSPS) is 11.6. The highest BCUT2D eigenvalue weighted by Crippen LogP contribution is 2.29. The molecule has 1 N–H and O–H groups in total. The fourth-order valence-corrected chi connectivity index (χ4v) is 1.95. The van der Waals surface area contributed by atoms with Gasteiger partial charge in [0.2, 0.25) is 0 Å². The third kappa shape index (κ3) is 5.37. The largest absolute Gasteiger partial charge is 0.490 e. The molecule has 2 rings (SSSR count). The van der Waals surface area contributed by atoms with Gasteiger partial charge in [0.05, 0.1) is 25.0 Å². The Kier molecular flexibility index (Phi) is 6.21. The van der Waals surface area contributed by atoms with E-state index in [0.717, 1.165) is 17.8 Å². The lowest BCUT2D eigenvalue weighted by Gasteiger charge is -2.11. The van der Waals surface area contributed by atoms with Crippen LogP contribution in [0.5, 0.6) is 11.5 Å². The van der Waals surface area contributed by atoms with Gasteiger partial charge in [0, 0.05) is 6.20 Å². The van der Waals surface area contributed by atoms with Crippen LogP contribution >= 0.6 is 0 Å². The van der Waals surface area contributed by atoms with E-state index in [1.807, 2.05) is 13.8 Å². The number of pyridine rings is 1. The van der Waals surface area contributed by atoms with E-state index in [0.29, 0.717) is 24.7 Å². The van der Waals surface area contributed by atoms with Crippen molar-refractivity contribution < 1.29 is 22.6 Å². The maximum Gasteiger partial charge on any atom is 0.417 e. The molecule has 1 aromatic heterocycles. The standard InChI is InChI=1S/C17H18F3N3O2/c1-3-24-14-7-5-12(9-15(14)25-4-2)10-22-23-16-8-6-13(11-21-16)17(18,19)20/h5-11H,3-4H2,1-2H3,(H,21,23)/b22-10-. The summed E-state index contributed by atoms with van der Waals surface area (Å²) in [5.41, 5.74) is 2.51. The van der Waals surface area contributed by atoms with Crippen LogP contribution in [0.4, 0.5) is 19.0 Å². The predicted molar refractivity (Wildman–Crippen MR) is 89.2 cm³/mol. The Morgan fingerprint density at radius 1 is 1.08 bits per heavy atom.